The lowest BCUT2D eigenvalue weighted by atomic mass is 10.0. The second-order valence-corrected chi connectivity index (χ2v) is 5.97. The number of benzene rings is 2. The molecule has 0 saturated carbocycles. The van der Waals surface area contributed by atoms with Crippen molar-refractivity contribution in [2.24, 2.45) is 21.8 Å². The number of aromatic nitrogens is 1. The molecule has 1 heterocycles. The van der Waals surface area contributed by atoms with Gasteiger partial charge in [0, 0.05) is 22.9 Å². The van der Waals surface area contributed by atoms with E-state index in [4.69, 9.17) is 21.9 Å². The van der Waals surface area contributed by atoms with E-state index in [-0.39, 0.29) is 11.7 Å². The first-order valence-corrected chi connectivity index (χ1v) is 8.21. The van der Waals surface area contributed by atoms with Crippen LogP contribution in [0.1, 0.15) is 22.3 Å². The first-order chi connectivity index (χ1) is 13.1. The quantitative estimate of drug-likeness (QED) is 0.240. The molecular formula is C20H19N5O2. The molecule has 1 aromatic heterocycles. The molecule has 0 unspecified atom stereocenters. The van der Waals surface area contributed by atoms with Crippen molar-refractivity contribution < 1.29 is 10.4 Å². The summed E-state index contributed by atoms with van der Waals surface area (Å²) in [6.45, 7) is 0. The zero-order chi connectivity index (χ0) is 19.2. The Morgan fingerprint density at radius 2 is 1.26 bits per heavy atom. The first-order valence-electron chi connectivity index (χ1n) is 8.21. The molecule has 7 nitrogen and oxygen atoms in total. The van der Waals surface area contributed by atoms with Gasteiger partial charge in [0.1, 0.15) is 0 Å². The van der Waals surface area contributed by atoms with Crippen molar-refractivity contribution in [1.29, 1.82) is 0 Å². The summed E-state index contributed by atoms with van der Waals surface area (Å²) in [6.07, 6.45) is 2.57. The van der Waals surface area contributed by atoms with Crippen LogP contribution in [0.25, 0.3) is 11.3 Å². The van der Waals surface area contributed by atoms with Gasteiger partial charge in [-0.2, -0.15) is 0 Å². The van der Waals surface area contributed by atoms with Gasteiger partial charge in [-0.25, -0.2) is 0 Å². The van der Waals surface area contributed by atoms with Crippen LogP contribution in [0.3, 0.4) is 0 Å². The van der Waals surface area contributed by atoms with E-state index in [1.165, 1.54) is 0 Å². The summed E-state index contributed by atoms with van der Waals surface area (Å²) in [4.78, 5) is 4.52. The maximum Gasteiger partial charge on any atom is 0.170 e. The van der Waals surface area contributed by atoms with E-state index in [9.17, 15) is 0 Å². The van der Waals surface area contributed by atoms with Crippen LogP contribution in [0.5, 0.6) is 0 Å². The summed E-state index contributed by atoms with van der Waals surface area (Å²) in [5.41, 5.74) is 16.4. The van der Waals surface area contributed by atoms with Gasteiger partial charge in [0.15, 0.2) is 11.7 Å². The van der Waals surface area contributed by atoms with Crippen LogP contribution < -0.4 is 11.5 Å². The molecule has 0 radical (unpaired) electrons. The third-order valence-electron chi connectivity index (χ3n) is 4.17. The van der Waals surface area contributed by atoms with Gasteiger partial charge in [-0.05, 0) is 23.6 Å². The second kappa shape index (κ2) is 8.01. The van der Waals surface area contributed by atoms with E-state index in [0.717, 1.165) is 28.8 Å². The van der Waals surface area contributed by atoms with E-state index >= 15 is 0 Å². The van der Waals surface area contributed by atoms with Crippen molar-refractivity contribution in [3.63, 3.8) is 0 Å². The SMILES string of the molecule is NC(=NO)c1ccc(Cc2ccc(-c3ccc(C(N)=NO)cc3)nc2)cc1. The van der Waals surface area contributed by atoms with Crippen LogP contribution in [0, 0.1) is 0 Å². The third-order valence-corrected chi connectivity index (χ3v) is 4.17. The Hall–Kier alpha value is -3.87. The Kier molecular flexibility index (Phi) is 5.32. The zero-order valence-corrected chi connectivity index (χ0v) is 14.4. The number of hydrogen-bond acceptors (Lipinski definition) is 5. The van der Waals surface area contributed by atoms with Crippen molar-refractivity contribution in [2.45, 2.75) is 6.42 Å². The van der Waals surface area contributed by atoms with E-state index in [1.54, 1.807) is 12.1 Å². The number of nitrogens with zero attached hydrogens (tertiary/aromatic N) is 3. The smallest absolute Gasteiger partial charge is 0.170 e. The topological polar surface area (TPSA) is 130 Å². The molecule has 0 bridgehead atoms. The lowest BCUT2D eigenvalue weighted by Gasteiger charge is -2.06. The number of hydrogen-bond donors (Lipinski definition) is 4. The van der Waals surface area contributed by atoms with Crippen molar-refractivity contribution in [2.75, 3.05) is 0 Å². The second-order valence-electron chi connectivity index (χ2n) is 5.97. The Bertz CT molecular complexity index is 963. The molecule has 0 fully saturated rings. The van der Waals surface area contributed by atoms with Crippen molar-refractivity contribution in [3.8, 4) is 11.3 Å². The maximum absolute atomic E-state index is 8.71. The highest BCUT2D eigenvalue weighted by Gasteiger charge is 2.04. The standard InChI is InChI=1S/C20H19N5O2/c21-19(24-26)16-4-1-13(2-5-16)11-14-3-10-18(23-12-14)15-6-8-17(9-7-15)20(22)25-27/h1-10,12,26-27H,11H2,(H2,21,24)(H2,22,25). The summed E-state index contributed by atoms with van der Waals surface area (Å²) in [5.74, 6) is 0.161. The predicted molar refractivity (Wildman–Crippen MR) is 104 cm³/mol. The van der Waals surface area contributed by atoms with E-state index in [0.29, 0.717) is 11.1 Å². The molecule has 3 aromatic rings. The highest BCUT2D eigenvalue weighted by Crippen LogP contribution is 2.19. The van der Waals surface area contributed by atoms with Crippen LogP contribution in [0.4, 0.5) is 0 Å². The molecule has 7 heteroatoms. The molecule has 0 atom stereocenters. The van der Waals surface area contributed by atoms with Gasteiger partial charge in [0.25, 0.3) is 0 Å². The summed E-state index contributed by atoms with van der Waals surface area (Å²) in [6, 6.07) is 18.8. The van der Waals surface area contributed by atoms with Gasteiger partial charge in [-0.15, -0.1) is 0 Å². The molecule has 6 N–H and O–H groups in total. The Balaban J connectivity index is 1.72. The van der Waals surface area contributed by atoms with Crippen molar-refractivity contribution in [3.05, 3.63) is 89.1 Å². The maximum atomic E-state index is 8.71. The van der Waals surface area contributed by atoms with Crippen LogP contribution >= 0.6 is 0 Å². The van der Waals surface area contributed by atoms with Crippen molar-refractivity contribution >= 4 is 11.7 Å². The molecule has 0 aliphatic rings. The Morgan fingerprint density at radius 1 is 0.741 bits per heavy atom. The largest absolute Gasteiger partial charge is 0.409 e. The normalized spacial score (nSPS) is 12.1. The van der Waals surface area contributed by atoms with Gasteiger partial charge >= 0.3 is 0 Å². The molecule has 0 aliphatic heterocycles. The van der Waals surface area contributed by atoms with Gasteiger partial charge < -0.3 is 21.9 Å². The molecule has 0 saturated heterocycles. The third kappa shape index (κ3) is 4.21. The lowest BCUT2D eigenvalue weighted by molar-refractivity contribution is 0.318. The van der Waals surface area contributed by atoms with Gasteiger partial charge in [-0.1, -0.05) is 64.9 Å². The fraction of sp³-hybridized carbons (Fsp3) is 0.0500. The molecule has 0 aliphatic carbocycles. The van der Waals surface area contributed by atoms with Crippen molar-refractivity contribution in [1.82, 2.24) is 4.98 Å². The summed E-state index contributed by atoms with van der Waals surface area (Å²) >= 11 is 0. The summed E-state index contributed by atoms with van der Waals surface area (Å²) in [5, 5.41) is 23.4. The molecule has 27 heavy (non-hydrogen) atoms. The highest BCUT2D eigenvalue weighted by atomic mass is 16.4. The zero-order valence-electron chi connectivity index (χ0n) is 14.4. The van der Waals surface area contributed by atoms with Gasteiger partial charge in [0.2, 0.25) is 0 Å². The summed E-state index contributed by atoms with van der Waals surface area (Å²) in [7, 11) is 0. The lowest BCUT2D eigenvalue weighted by Crippen LogP contribution is -2.12. The average Bonchev–Trinajstić information content (AvgIpc) is 2.74. The molecule has 0 amide bonds. The molecule has 2 aromatic carbocycles. The van der Waals surface area contributed by atoms with Crippen LogP contribution in [-0.2, 0) is 6.42 Å². The molecule has 3 rings (SSSR count). The van der Waals surface area contributed by atoms with E-state index < -0.39 is 0 Å². The van der Waals surface area contributed by atoms with Crippen LogP contribution in [-0.4, -0.2) is 27.1 Å². The number of rotatable bonds is 5. The minimum Gasteiger partial charge on any atom is -0.409 e. The monoisotopic (exact) mass is 361 g/mol. The molecule has 0 spiro atoms. The fourth-order valence-electron chi connectivity index (χ4n) is 2.66. The minimum absolute atomic E-state index is 0.0721. The van der Waals surface area contributed by atoms with E-state index in [2.05, 4.69) is 15.3 Å². The summed E-state index contributed by atoms with van der Waals surface area (Å²) < 4.78 is 0. The Morgan fingerprint density at radius 3 is 1.74 bits per heavy atom. The number of nitrogens with two attached hydrogens (primary N) is 2. The average molecular weight is 361 g/mol. The number of amidine groups is 2. The minimum atomic E-state index is 0.0721. The predicted octanol–water partition coefficient (Wildman–Crippen LogP) is 2.53. The molecule has 136 valence electrons. The highest BCUT2D eigenvalue weighted by molar-refractivity contribution is 5.97. The number of oxime groups is 2. The van der Waals surface area contributed by atoms with Gasteiger partial charge in [0.05, 0.1) is 5.69 Å². The molecular weight excluding hydrogens is 342 g/mol. The van der Waals surface area contributed by atoms with E-state index in [1.807, 2.05) is 54.7 Å². The Labute approximate surface area is 156 Å². The number of pyridine rings is 1. The fourth-order valence-corrected chi connectivity index (χ4v) is 2.66. The first kappa shape index (κ1) is 17.9. The van der Waals surface area contributed by atoms with Gasteiger partial charge in [-0.3, -0.25) is 4.98 Å². The van der Waals surface area contributed by atoms with Crippen LogP contribution in [0.2, 0.25) is 0 Å². The van der Waals surface area contributed by atoms with Crippen LogP contribution in [0.15, 0.2) is 77.2 Å².